The zero-order valence-corrected chi connectivity index (χ0v) is 10.5. The largest absolute Gasteiger partial charge is 0.311 e. The van der Waals surface area contributed by atoms with Crippen LogP contribution in [0.25, 0.3) is 0 Å². The van der Waals surface area contributed by atoms with Crippen LogP contribution in [0.4, 0.5) is 0 Å². The number of nitrogens with zero attached hydrogens (tertiary/aromatic N) is 2. The lowest BCUT2D eigenvalue weighted by molar-refractivity contribution is 0.216. The molecule has 1 N–H and O–H groups in total. The van der Waals surface area contributed by atoms with Crippen LogP contribution in [0.2, 0.25) is 0 Å². The van der Waals surface area contributed by atoms with Crippen molar-refractivity contribution in [2.45, 2.75) is 37.8 Å². The fraction of sp³-hybridized carbons (Fsp3) is 1.00. The minimum absolute atomic E-state index is 0.853. The number of hydrogen-bond acceptors (Lipinski definition) is 3. The van der Waals surface area contributed by atoms with Crippen molar-refractivity contribution < 1.29 is 0 Å². The zero-order chi connectivity index (χ0) is 11.0. The smallest absolute Gasteiger partial charge is 0.0111 e. The molecule has 3 heteroatoms. The Bertz CT molecular complexity index is 243. The molecule has 3 heterocycles. The van der Waals surface area contributed by atoms with Crippen LogP contribution >= 0.6 is 0 Å². The molecule has 2 bridgehead atoms. The molecule has 16 heavy (non-hydrogen) atoms. The topological polar surface area (TPSA) is 18.5 Å². The second kappa shape index (κ2) is 4.63. The van der Waals surface area contributed by atoms with Crippen LogP contribution in [0.5, 0.6) is 0 Å². The SMILES string of the molecule is CN1CCCN(CC2CC3CCC2N3)CC1. The lowest BCUT2D eigenvalue weighted by Crippen LogP contribution is -2.37. The van der Waals surface area contributed by atoms with E-state index >= 15 is 0 Å². The molecule has 0 aliphatic carbocycles. The monoisotopic (exact) mass is 223 g/mol. The van der Waals surface area contributed by atoms with Gasteiger partial charge in [0, 0.05) is 31.7 Å². The van der Waals surface area contributed by atoms with Gasteiger partial charge in [-0.2, -0.15) is 0 Å². The summed E-state index contributed by atoms with van der Waals surface area (Å²) in [5.74, 6) is 0.946. The van der Waals surface area contributed by atoms with Gasteiger partial charge in [-0.15, -0.1) is 0 Å². The quantitative estimate of drug-likeness (QED) is 0.746. The highest BCUT2D eigenvalue weighted by atomic mass is 15.2. The van der Waals surface area contributed by atoms with Crippen LogP contribution in [0.1, 0.15) is 25.7 Å². The molecule has 3 nitrogen and oxygen atoms in total. The maximum atomic E-state index is 3.75. The Labute approximate surface area is 99.2 Å². The van der Waals surface area contributed by atoms with Crippen LogP contribution in [-0.2, 0) is 0 Å². The van der Waals surface area contributed by atoms with E-state index in [-0.39, 0.29) is 0 Å². The molecule has 0 aromatic rings. The average molecular weight is 223 g/mol. The Morgan fingerprint density at radius 2 is 2.06 bits per heavy atom. The van der Waals surface area contributed by atoms with E-state index < -0.39 is 0 Å². The summed E-state index contributed by atoms with van der Waals surface area (Å²) in [6.45, 7) is 6.49. The molecule has 3 fully saturated rings. The predicted octanol–water partition coefficient (Wildman–Crippen LogP) is 0.764. The van der Waals surface area contributed by atoms with Crippen LogP contribution in [0.3, 0.4) is 0 Å². The minimum atomic E-state index is 0.853. The molecule has 3 aliphatic rings. The Balaban J connectivity index is 1.50. The maximum absolute atomic E-state index is 3.75. The second-order valence-corrected chi connectivity index (χ2v) is 6.00. The van der Waals surface area contributed by atoms with Gasteiger partial charge in [-0.1, -0.05) is 0 Å². The average Bonchev–Trinajstić information content (AvgIpc) is 2.81. The summed E-state index contributed by atoms with van der Waals surface area (Å²) in [5, 5.41) is 3.75. The molecule has 0 radical (unpaired) electrons. The van der Waals surface area contributed by atoms with E-state index in [2.05, 4.69) is 22.2 Å². The first kappa shape index (κ1) is 11.0. The molecule has 3 aliphatic heterocycles. The van der Waals surface area contributed by atoms with Gasteiger partial charge in [0.15, 0.2) is 0 Å². The van der Waals surface area contributed by atoms with Crippen LogP contribution in [-0.4, -0.2) is 61.7 Å². The van der Waals surface area contributed by atoms with Gasteiger partial charge in [0.2, 0.25) is 0 Å². The van der Waals surface area contributed by atoms with Gasteiger partial charge in [0.05, 0.1) is 0 Å². The first-order valence-electron chi connectivity index (χ1n) is 6.98. The third-order valence-corrected chi connectivity index (χ3v) is 4.74. The van der Waals surface area contributed by atoms with Crippen molar-refractivity contribution in [2.24, 2.45) is 5.92 Å². The van der Waals surface area contributed by atoms with E-state index in [9.17, 15) is 0 Å². The van der Waals surface area contributed by atoms with Crippen molar-refractivity contribution in [3.8, 4) is 0 Å². The first-order chi connectivity index (χ1) is 7.81. The normalized spacial score (nSPS) is 41.4. The first-order valence-corrected chi connectivity index (χ1v) is 6.98. The molecule has 0 saturated carbocycles. The van der Waals surface area contributed by atoms with E-state index in [0.717, 1.165) is 18.0 Å². The van der Waals surface area contributed by atoms with Gasteiger partial charge >= 0.3 is 0 Å². The number of nitrogens with one attached hydrogen (secondary N) is 1. The summed E-state index contributed by atoms with van der Waals surface area (Å²) in [7, 11) is 2.25. The molecule has 0 amide bonds. The molecule has 3 atom stereocenters. The fourth-order valence-corrected chi connectivity index (χ4v) is 3.75. The van der Waals surface area contributed by atoms with Crippen molar-refractivity contribution in [2.75, 3.05) is 39.8 Å². The van der Waals surface area contributed by atoms with Gasteiger partial charge in [-0.05, 0) is 51.7 Å². The predicted molar refractivity (Wildman–Crippen MR) is 66.6 cm³/mol. The maximum Gasteiger partial charge on any atom is 0.0111 e. The molecule has 0 spiro atoms. The van der Waals surface area contributed by atoms with Crippen LogP contribution in [0, 0.1) is 5.92 Å². The molecular weight excluding hydrogens is 198 g/mol. The number of fused-ring (bicyclic) bond motifs is 2. The molecule has 3 saturated heterocycles. The zero-order valence-electron chi connectivity index (χ0n) is 10.5. The molecule has 3 rings (SSSR count). The highest BCUT2D eigenvalue weighted by Gasteiger charge is 2.39. The van der Waals surface area contributed by atoms with Gasteiger partial charge in [-0.25, -0.2) is 0 Å². The Kier molecular flexibility index (Phi) is 3.18. The highest BCUT2D eigenvalue weighted by Crippen LogP contribution is 2.33. The third-order valence-electron chi connectivity index (χ3n) is 4.74. The van der Waals surface area contributed by atoms with Gasteiger partial charge in [0.25, 0.3) is 0 Å². The van der Waals surface area contributed by atoms with E-state index in [1.54, 1.807) is 0 Å². The van der Waals surface area contributed by atoms with E-state index in [4.69, 9.17) is 0 Å². The minimum Gasteiger partial charge on any atom is -0.311 e. The second-order valence-electron chi connectivity index (χ2n) is 6.00. The highest BCUT2D eigenvalue weighted by molar-refractivity contribution is 4.98. The van der Waals surface area contributed by atoms with Crippen molar-refractivity contribution in [3.05, 3.63) is 0 Å². The summed E-state index contributed by atoms with van der Waals surface area (Å²) in [6.07, 6.45) is 5.66. The summed E-state index contributed by atoms with van der Waals surface area (Å²) >= 11 is 0. The summed E-state index contributed by atoms with van der Waals surface area (Å²) in [6, 6.07) is 1.72. The van der Waals surface area contributed by atoms with E-state index in [1.807, 2.05) is 0 Å². The molecule has 0 aromatic heterocycles. The lowest BCUT2D eigenvalue weighted by atomic mass is 9.89. The Morgan fingerprint density at radius 3 is 2.81 bits per heavy atom. The number of rotatable bonds is 2. The summed E-state index contributed by atoms with van der Waals surface area (Å²) in [5.41, 5.74) is 0. The third kappa shape index (κ3) is 2.27. The van der Waals surface area contributed by atoms with Crippen molar-refractivity contribution in [1.29, 1.82) is 0 Å². The lowest BCUT2D eigenvalue weighted by Gasteiger charge is -2.28. The van der Waals surface area contributed by atoms with Gasteiger partial charge in [-0.3, -0.25) is 0 Å². The summed E-state index contributed by atoms with van der Waals surface area (Å²) in [4.78, 5) is 5.18. The molecule has 0 aromatic carbocycles. The van der Waals surface area contributed by atoms with Crippen molar-refractivity contribution >= 4 is 0 Å². The van der Waals surface area contributed by atoms with E-state index in [0.29, 0.717) is 0 Å². The van der Waals surface area contributed by atoms with Crippen molar-refractivity contribution in [1.82, 2.24) is 15.1 Å². The van der Waals surface area contributed by atoms with Gasteiger partial charge < -0.3 is 15.1 Å². The van der Waals surface area contributed by atoms with Crippen LogP contribution < -0.4 is 5.32 Å². The standard InChI is InChI=1S/C13H25N3/c1-15-5-2-6-16(8-7-15)10-11-9-12-3-4-13(11)14-12/h11-14H,2-10H2,1H3. The Hall–Kier alpha value is -0.120. The molecular formula is C13H25N3. The van der Waals surface area contributed by atoms with E-state index in [1.165, 1.54) is 58.4 Å². The van der Waals surface area contributed by atoms with Gasteiger partial charge in [0.1, 0.15) is 0 Å². The number of hydrogen-bond donors (Lipinski definition) is 1. The number of likely N-dealkylation sites (N-methyl/N-ethyl adjacent to an activating group) is 1. The molecule has 92 valence electrons. The summed E-state index contributed by atoms with van der Waals surface area (Å²) < 4.78 is 0. The molecule has 3 unspecified atom stereocenters. The van der Waals surface area contributed by atoms with Crippen molar-refractivity contribution in [3.63, 3.8) is 0 Å². The van der Waals surface area contributed by atoms with Crippen LogP contribution in [0.15, 0.2) is 0 Å². The Morgan fingerprint density at radius 1 is 1.12 bits per heavy atom. The fourth-order valence-electron chi connectivity index (χ4n) is 3.75.